The van der Waals surface area contributed by atoms with Crippen molar-refractivity contribution in [2.24, 2.45) is 0 Å². The maximum absolute atomic E-state index is 5.58. The Labute approximate surface area is 163 Å². The lowest BCUT2D eigenvalue weighted by molar-refractivity contribution is 0.496. The highest BCUT2D eigenvalue weighted by atomic mass is 127. The van der Waals surface area contributed by atoms with Gasteiger partial charge in [0, 0.05) is 9.61 Å². The number of hydrogen-bond donors (Lipinski definition) is 1. The minimum absolute atomic E-state index is 0.582. The van der Waals surface area contributed by atoms with Gasteiger partial charge in [0.15, 0.2) is 0 Å². The van der Waals surface area contributed by atoms with Gasteiger partial charge in [0.2, 0.25) is 0 Å². The fraction of sp³-hybridized carbons (Fsp3) is 0.368. The summed E-state index contributed by atoms with van der Waals surface area (Å²) in [5.74, 6) is 0. The standard InChI is InChI=1S/C11H14IN.C6H4Cl2.C2H6/c1-13-11-4-2-3-8-5-6-9(12)7-10(8)11;7-5-3-1-2-4-6(5)8;1-2/h5-7,11,13H,2-4H2,1H3;1-4H;1-2H3. The van der Waals surface area contributed by atoms with Crippen LogP contribution in [0.15, 0.2) is 42.5 Å². The number of fused-ring (bicyclic) bond motifs is 1. The molecular formula is C19H24Cl2IN. The maximum atomic E-state index is 5.58. The molecule has 1 aliphatic rings. The highest BCUT2D eigenvalue weighted by Crippen LogP contribution is 2.30. The van der Waals surface area contributed by atoms with Crippen molar-refractivity contribution in [2.45, 2.75) is 39.2 Å². The lowest BCUT2D eigenvalue weighted by Crippen LogP contribution is -2.21. The molecule has 0 bridgehead atoms. The van der Waals surface area contributed by atoms with Crippen molar-refractivity contribution in [3.63, 3.8) is 0 Å². The summed E-state index contributed by atoms with van der Waals surface area (Å²) in [4.78, 5) is 0. The topological polar surface area (TPSA) is 12.0 Å². The van der Waals surface area contributed by atoms with Crippen LogP contribution >= 0.6 is 45.8 Å². The Hall–Kier alpha value is -0.290. The minimum Gasteiger partial charge on any atom is -0.313 e. The molecule has 2 aromatic rings. The second kappa shape index (κ2) is 11.3. The third-order valence-corrected chi connectivity index (χ3v) is 5.02. The van der Waals surface area contributed by atoms with Crippen LogP contribution in [0.25, 0.3) is 0 Å². The van der Waals surface area contributed by atoms with E-state index in [-0.39, 0.29) is 0 Å². The predicted octanol–water partition coefficient (Wildman–Crippen LogP) is 6.91. The van der Waals surface area contributed by atoms with Crippen LogP contribution < -0.4 is 5.32 Å². The Morgan fingerprint density at radius 2 is 1.65 bits per heavy atom. The van der Waals surface area contributed by atoms with E-state index < -0.39 is 0 Å². The summed E-state index contributed by atoms with van der Waals surface area (Å²) in [6, 6.07) is 14.6. The smallest absolute Gasteiger partial charge is 0.0592 e. The summed E-state index contributed by atoms with van der Waals surface area (Å²) in [6.45, 7) is 4.00. The van der Waals surface area contributed by atoms with Gasteiger partial charge in [-0.05, 0) is 84.3 Å². The first-order valence-corrected chi connectivity index (χ1v) is 9.81. The molecule has 23 heavy (non-hydrogen) atoms. The van der Waals surface area contributed by atoms with E-state index in [1.54, 1.807) is 12.1 Å². The van der Waals surface area contributed by atoms with E-state index in [1.807, 2.05) is 26.0 Å². The molecule has 4 heteroatoms. The van der Waals surface area contributed by atoms with E-state index in [0.29, 0.717) is 16.1 Å². The fourth-order valence-electron chi connectivity index (χ4n) is 2.51. The number of hydrogen-bond acceptors (Lipinski definition) is 1. The normalized spacial score (nSPS) is 15.5. The van der Waals surface area contributed by atoms with Gasteiger partial charge in [-0.2, -0.15) is 0 Å². The van der Waals surface area contributed by atoms with Crippen LogP contribution in [-0.4, -0.2) is 7.05 Å². The minimum atomic E-state index is 0.582. The van der Waals surface area contributed by atoms with Gasteiger partial charge in [-0.3, -0.25) is 0 Å². The van der Waals surface area contributed by atoms with Crippen LogP contribution in [0.3, 0.4) is 0 Å². The molecule has 1 unspecified atom stereocenters. The zero-order valence-corrected chi connectivity index (χ0v) is 17.5. The number of nitrogens with one attached hydrogen (secondary N) is 1. The van der Waals surface area contributed by atoms with Crippen molar-refractivity contribution >= 4 is 45.8 Å². The first-order chi connectivity index (χ1) is 11.1. The van der Waals surface area contributed by atoms with Crippen molar-refractivity contribution in [1.82, 2.24) is 5.32 Å². The van der Waals surface area contributed by atoms with Gasteiger partial charge >= 0.3 is 0 Å². The Bertz CT molecular complexity index is 581. The SMILES string of the molecule is CC.CNC1CCCc2ccc(I)cc21.Clc1ccccc1Cl. The van der Waals surface area contributed by atoms with E-state index >= 15 is 0 Å². The summed E-state index contributed by atoms with van der Waals surface area (Å²) >= 11 is 13.5. The summed E-state index contributed by atoms with van der Waals surface area (Å²) in [7, 11) is 2.06. The van der Waals surface area contributed by atoms with Gasteiger partial charge in [-0.25, -0.2) is 0 Å². The van der Waals surface area contributed by atoms with Gasteiger partial charge in [0.25, 0.3) is 0 Å². The van der Waals surface area contributed by atoms with E-state index in [1.165, 1.54) is 34.0 Å². The molecule has 1 nitrogen and oxygen atoms in total. The maximum Gasteiger partial charge on any atom is 0.0592 e. The highest BCUT2D eigenvalue weighted by Gasteiger charge is 2.18. The average molecular weight is 464 g/mol. The monoisotopic (exact) mass is 463 g/mol. The van der Waals surface area contributed by atoms with Crippen LogP contribution in [0.5, 0.6) is 0 Å². The Balaban J connectivity index is 0.000000228. The molecule has 0 amide bonds. The lowest BCUT2D eigenvalue weighted by atomic mass is 9.88. The molecule has 0 spiro atoms. The molecule has 1 aliphatic carbocycles. The van der Waals surface area contributed by atoms with Crippen molar-refractivity contribution in [2.75, 3.05) is 7.05 Å². The third kappa shape index (κ3) is 6.61. The quantitative estimate of drug-likeness (QED) is 0.453. The molecule has 0 fully saturated rings. The van der Waals surface area contributed by atoms with Crippen molar-refractivity contribution in [3.05, 3.63) is 67.2 Å². The number of rotatable bonds is 1. The molecule has 2 aromatic carbocycles. The Morgan fingerprint density at radius 3 is 2.17 bits per heavy atom. The van der Waals surface area contributed by atoms with E-state index in [2.05, 4.69) is 53.2 Å². The summed E-state index contributed by atoms with van der Waals surface area (Å²) in [6.07, 6.45) is 3.85. The van der Waals surface area contributed by atoms with Crippen LogP contribution in [0, 0.1) is 3.57 Å². The van der Waals surface area contributed by atoms with Crippen LogP contribution in [0.1, 0.15) is 43.9 Å². The molecule has 1 N–H and O–H groups in total. The molecular weight excluding hydrogens is 440 g/mol. The van der Waals surface area contributed by atoms with Crippen molar-refractivity contribution in [3.8, 4) is 0 Å². The average Bonchev–Trinajstić information content (AvgIpc) is 2.59. The lowest BCUT2D eigenvalue weighted by Gasteiger charge is -2.25. The molecule has 1 atom stereocenters. The molecule has 0 aromatic heterocycles. The molecule has 0 heterocycles. The molecule has 126 valence electrons. The van der Waals surface area contributed by atoms with Gasteiger partial charge in [-0.15, -0.1) is 0 Å². The number of aryl methyl sites for hydroxylation is 1. The summed E-state index contributed by atoms with van der Waals surface area (Å²) in [5.41, 5.74) is 3.05. The first-order valence-electron chi connectivity index (χ1n) is 7.97. The van der Waals surface area contributed by atoms with Crippen LogP contribution in [-0.2, 0) is 6.42 Å². The second-order valence-electron chi connectivity index (χ2n) is 4.99. The third-order valence-electron chi connectivity index (χ3n) is 3.60. The number of benzene rings is 2. The van der Waals surface area contributed by atoms with E-state index in [4.69, 9.17) is 23.2 Å². The molecule has 0 saturated heterocycles. The predicted molar refractivity (Wildman–Crippen MR) is 112 cm³/mol. The molecule has 0 aliphatic heterocycles. The van der Waals surface area contributed by atoms with Gasteiger partial charge < -0.3 is 5.32 Å². The summed E-state index contributed by atoms with van der Waals surface area (Å²) < 4.78 is 1.35. The van der Waals surface area contributed by atoms with E-state index in [0.717, 1.165) is 0 Å². The van der Waals surface area contributed by atoms with Gasteiger partial charge in [-0.1, -0.05) is 55.2 Å². The Kier molecular flexibility index (Phi) is 10.2. The van der Waals surface area contributed by atoms with Crippen LogP contribution in [0.4, 0.5) is 0 Å². The highest BCUT2D eigenvalue weighted by molar-refractivity contribution is 14.1. The number of halogens is 3. The van der Waals surface area contributed by atoms with Gasteiger partial charge in [0.05, 0.1) is 10.0 Å². The largest absolute Gasteiger partial charge is 0.313 e. The summed E-state index contributed by atoms with van der Waals surface area (Å²) in [5, 5.41) is 4.60. The van der Waals surface area contributed by atoms with Gasteiger partial charge in [0.1, 0.15) is 0 Å². The molecule has 0 radical (unpaired) electrons. The Morgan fingerprint density at radius 1 is 1.04 bits per heavy atom. The molecule has 3 rings (SSSR count). The van der Waals surface area contributed by atoms with Crippen LogP contribution in [0.2, 0.25) is 10.0 Å². The zero-order valence-electron chi connectivity index (χ0n) is 13.9. The fourth-order valence-corrected chi connectivity index (χ4v) is 3.30. The van der Waals surface area contributed by atoms with Crippen molar-refractivity contribution < 1.29 is 0 Å². The van der Waals surface area contributed by atoms with Crippen molar-refractivity contribution in [1.29, 1.82) is 0 Å². The van der Waals surface area contributed by atoms with E-state index in [9.17, 15) is 0 Å². The zero-order chi connectivity index (χ0) is 17.2. The second-order valence-corrected chi connectivity index (χ2v) is 7.05. The molecule has 0 saturated carbocycles. The first kappa shape index (κ1) is 20.8.